The van der Waals surface area contributed by atoms with E-state index in [0.717, 1.165) is 16.1 Å². The normalized spacial score (nSPS) is 10.2. The number of thiazole rings is 1. The van der Waals surface area contributed by atoms with Gasteiger partial charge in [-0.25, -0.2) is 9.78 Å². The summed E-state index contributed by atoms with van der Waals surface area (Å²) in [5.74, 6) is -0.335. The molecule has 7 nitrogen and oxygen atoms in total. The number of pyridine rings is 1. The number of hydrogen-bond donors (Lipinski definition) is 2. The number of hydrogen-bond acceptors (Lipinski definition) is 6. The van der Waals surface area contributed by atoms with Crippen molar-refractivity contribution in [2.45, 2.75) is 20.3 Å². The van der Waals surface area contributed by atoms with Gasteiger partial charge in [0.2, 0.25) is 0 Å². The zero-order valence-electron chi connectivity index (χ0n) is 13.0. The van der Waals surface area contributed by atoms with Gasteiger partial charge in [0.15, 0.2) is 5.13 Å². The summed E-state index contributed by atoms with van der Waals surface area (Å²) in [5.41, 5.74) is 1.84. The molecule has 23 heavy (non-hydrogen) atoms. The highest BCUT2D eigenvalue weighted by Gasteiger charge is 2.12. The first-order valence-electron chi connectivity index (χ1n) is 7.18. The van der Waals surface area contributed by atoms with Crippen LogP contribution in [0.5, 0.6) is 0 Å². The van der Waals surface area contributed by atoms with Gasteiger partial charge < -0.3 is 10.1 Å². The van der Waals surface area contributed by atoms with Crippen LogP contribution in [0.4, 0.5) is 9.93 Å². The minimum atomic E-state index is -0.399. The fraction of sp³-hybridized carbons (Fsp3) is 0.333. The number of nitrogens with zero attached hydrogens (tertiary/aromatic N) is 2. The Balaban J connectivity index is 1.89. The Kier molecular flexibility index (Phi) is 6.04. The van der Waals surface area contributed by atoms with Gasteiger partial charge in [0.25, 0.3) is 0 Å². The summed E-state index contributed by atoms with van der Waals surface area (Å²) in [5, 5.41) is 5.77. The number of aryl methyl sites for hydroxylation is 1. The molecule has 0 aliphatic heterocycles. The Labute approximate surface area is 138 Å². The van der Waals surface area contributed by atoms with Crippen LogP contribution in [-0.4, -0.2) is 35.1 Å². The van der Waals surface area contributed by atoms with E-state index in [1.165, 1.54) is 11.3 Å². The number of esters is 1. The lowest BCUT2D eigenvalue weighted by Gasteiger charge is -2.05. The molecule has 2 aromatic heterocycles. The predicted molar refractivity (Wildman–Crippen MR) is 88.4 cm³/mol. The number of carbonyl (C=O) groups is 2. The summed E-state index contributed by atoms with van der Waals surface area (Å²) in [4.78, 5) is 32.3. The van der Waals surface area contributed by atoms with Crippen LogP contribution in [-0.2, 0) is 9.53 Å². The highest BCUT2D eigenvalue weighted by molar-refractivity contribution is 7.19. The molecular formula is C15H18N4O3S. The van der Waals surface area contributed by atoms with Crippen LogP contribution in [0.25, 0.3) is 10.4 Å². The number of anilines is 1. The third-order valence-corrected chi connectivity index (χ3v) is 4.00. The van der Waals surface area contributed by atoms with Crippen molar-refractivity contribution in [2.24, 2.45) is 0 Å². The molecule has 0 bridgehead atoms. The largest absolute Gasteiger partial charge is 0.466 e. The molecule has 2 aromatic rings. The maximum atomic E-state index is 11.8. The minimum absolute atomic E-state index is 0.139. The average molecular weight is 334 g/mol. The fourth-order valence-corrected chi connectivity index (χ4v) is 2.84. The first-order valence-corrected chi connectivity index (χ1v) is 8.00. The van der Waals surface area contributed by atoms with Crippen LogP contribution >= 0.6 is 11.3 Å². The monoisotopic (exact) mass is 334 g/mol. The van der Waals surface area contributed by atoms with E-state index in [1.807, 2.05) is 19.1 Å². The first kappa shape index (κ1) is 16.9. The zero-order valence-corrected chi connectivity index (χ0v) is 13.8. The Morgan fingerprint density at radius 3 is 2.74 bits per heavy atom. The van der Waals surface area contributed by atoms with Gasteiger partial charge in [-0.05, 0) is 31.5 Å². The molecule has 0 saturated heterocycles. The van der Waals surface area contributed by atoms with Gasteiger partial charge >= 0.3 is 12.0 Å². The van der Waals surface area contributed by atoms with Crippen LogP contribution in [0.1, 0.15) is 19.0 Å². The molecule has 0 aromatic carbocycles. The number of urea groups is 1. The van der Waals surface area contributed by atoms with Crippen molar-refractivity contribution in [1.82, 2.24) is 15.3 Å². The molecule has 0 saturated carbocycles. The van der Waals surface area contributed by atoms with Crippen molar-refractivity contribution in [3.8, 4) is 10.4 Å². The molecule has 2 N–H and O–H groups in total. The molecule has 0 unspecified atom stereocenters. The van der Waals surface area contributed by atoms with Crippen LogP contribution in [0, 0.1) is 6.92 Å². The predicted octanol–water partition coefficient (Wildman–Crippen LogP) is 2.59. The molecule has 2 heterocycles. The summed E-state index contributed by atoms with van der Waals surface area (Å²) >= 11 is 1.39. The highest BCUT2D eigenvalue weighted by Crippen LogP contribution is 2.32. The van der Waals surface area contributed by atoms with E-state index in [-0.39, 0.29) is 18.9 Å². The lowest BCUT2D eigenvalue weighted by atomic mass is 10.2. The maximum absolute atomic E-state index is 11.8. The number of rotatable bonds is 6. The van der Waals surface area contributed by atoms with E-state index in [0.29, 0.717) is 11.7 Å². The third kappa shape index (κ3) is 5.03. The van der Waals surface area contributed by atoms with Crippen molar-refractivity contribution in [3.63, 3.8) is 0 Å². The standard InChI is InChI=1S/C15H18N4O3S/c1-3-22-12(20)6-9-17-14(21)19-15-18-10(2)13(23-15)11-4-7-16-8-5-11/h4-5,7-8H,3,6,9H2,1-2H3,(H2,17,18,19,21). The molecule has 122 valence electrons. The molecular weight excluding hydrogens is 316 g/mol. The van der Waals surface area contributed by atoms with Gasteiger partial charge in [-0.2, -0.15) is 0 Å². The second kappa shape index (κ2) is 8.23. The molecule has 0 fully saturated rings. The zero-order chi connectivity index (χ0) is 16.7. The van der Waals surface area contributed by atoms with Gasteiger partial charge in [-0.3, -0.25) is 15.1 Å². The molecule has 0 radical (unpaired) electrons. The van der Waals surface area contributed by atoms with Gasteiger partial charge in [0.05, 0.1) is 23.6 Å². The summed E-state index contributed by atoms with van der Waals surface area (Å²) in [6.45, 7) is 4.17. The first-order chi connectivity index (χ1) is 11.1. The summed E-state index contributed by atoms with van der Waals surface area (Å²) in [6.07, 6.45) is 3.56. The number of aromatic nitrogens is 2. The van der Waals surface area contributed by atoms with E-state index in [9.17, 15) is 9.59 Å². The van der Waals surface area contributed by atoms with E-state index < -0.39 is 6.03 Å². The van der Waals surface area contributed by atoms with Crippen LogP contribution in [0.15, 0.2) is 24.5 Å². The Morgan fingerprint density at radius 1 is 1.30 bits per heavy atom. The average Bonchev–Trinajstić information content (AvgIpc) is 2.89. The van der Waals surface area contributed by atoms with Gasteiger partial charge in [-0.1, -0.05) is 11.3 Å². The minimum Gasteiger partial charge on any atom is -0.466 e. The number of carbonyl (C=O) groups excluding carboxylic acids is 2. The Morgan fingerprint density at radius 2 is 2.04 bits per heavy atom. The second-order valence-corrected chi connectivity index (χ2v) is 5.60. The molecule has 0 spiro atoms. The SMILES string of the molecule is CCOC(=O)CCNC(=O)Nc1nc(C)c(-c2ccncc2)s1. The number of amides is 2. The van der Waals surface area contributed by atoms with Gasteiger partial charge in [0.1, 0.15) is 0 Å². The van der Waals surface area contributed by atoms with Gasteiger partial charge in [-0.15, -0.1) is 0 Å². The topological polar surface area (TPSA) is 93.2 Å². The maximum Gasteiger partial charge on any atom is 0.321 e. The van der Waals surface area contributed by atoms with Crippen molar-refractivity contribution in [1.29, 1.82) is 0 Å². The molecule has 0 atom stereocenters. The van der Waals surface area contributed by atoms with E-state index in [1.54, 1.807) is 19.3 Å². The van der Waals surface area contributed by atoms with Crippen molar-refractivity contribution < 1.29 is 14.3 Å². The summed E-state index contributed by atoms with van der Waals surface area (Å²) in [6, 6.07) is 3.39. The van der Waals surface area contributed by atoms with Crippen LogP contribution in [0.3, 0.4) is 0 Å². The molecule has 8 heteroatoms. The van der Waals surface area contributed by atoms with Crippen molar-refractivity contribution >= 4 is 28.5 Å². The molecule has 2 amide bonds. The molecule has 0 aliphatic rings. The smallest absolute Gasteiger partial charge is 0.321 e. The van der Waals surface area contributed by atoms with Crippen LogP contribution in [0.2, 0.25) is 0 Å². The van der Waals surface area contributed by atoms with E-state index >= 15 is 0 Å². The molecule has 2 rings (SSSR count). The highest BCUT2D eigenvalue weighted by atomic mass is 32.1. The summed E-state index contributed by atoms with van der Waals surface area (Å²) in [7, 11) is 0. The third-order valence-electron chi connectivity index (χ3n) is 2.88. The lowest BCUT2D eigenvalue weighted by Crippen LogP contribution is -2.30. The fourth-order valence-electron chi connectivity index (χ4n) is 1.87. The lowest BCUT2D eigenvalue weighted by molar-refractivity contribution is -0.142. The number of nitrogens with one attached hydrogen (secondary N) is 2. The van der Waals surface area contributed by atoms with E-state index in [4.69, 9.17) is 4.74 Å². The molecule has 0 aliphatic carbocycles. The van der Waals surface area contributed by atoms with E-state index in [2.05, 4.69) is 20.6 Å². The van der Waals surface area contributed by atoms with Gasteiger partial charge in [0, 0.05) is 18.9 Å². The summed E-state index contributed by atoms with van der Waals surface area (Å²) < 4.78 is 4.78. The Bertz CT molecular complexity index is 673. The number of ether oxygens (including phenoxy) is 1. The van der Waals surface area contributed by atoms with Crippen molar-refractivity contribution in [3.05, 3.63) is 30.2 Å². The Hall–Kier alpha value is -2.48. The van der Waals surface area contributed by atoms with Crippen molar-refractivity contribution in [2.75, 3.05) is 18.5 Å². The quantitative estimate of drug-likeness (QED) is 0.792. The second-order valence-electron chi connectivity index (χ2n) is 4.61. The van der Waals surface area contributed by atoms with Crippen LogP contribution < -0.4 is 10.6 Å².